The fourth-order valence-corrected chi connectivity index (χ4v) is 3.84. The molecule has 0 atom stereocenters. The van der Waals surface area contributed by atoms with Crippen molar-refractivity contribution >= 4 is 46.1 Å². The minimum atomic E-state index is -0.494. The molecule has 0 saturated carbocycles. The number of nitrogens with one attached hydrogen (secondary N) is 3. The maximum atomic E-state index is 12.6. The van der Waals surface area contributed by atoms with Crippen molar-refractivity contribution in [3.63, 3.8) is 0 Å². The molecule has 0 bridgehead atoms. The van der Waals surface area contributed by atoms with Crippen molar-refractivity contribution in [3.8, 4) is 0 Å². The second-order valence-electron chi connectivity index (χ2n) is 8.00. The quantitative estimate of drug-likeness (QED) is 0.254. The lowest BCUT2D eigenvalue weighted by molar-refractivity contribution is 0.705. The summed E-state index contributed by atoms with van der Waals surface area (Å²) < 4.78 is 7.57. The number of aryl methyl sites for hydroxylation is 4. The average Bonchev–Trinajstić information content (AvgIpc) is 3.50. The van der Waals surface area contributed by atoms with Crippen molar-refractivity contribution in [2.45, 2.75) is 0 Å². The topological polar surface area (TPSA) is 189 Å². The van der Waals surface area contributed by atoms with Gasteiger partial charge in [0, 0.05) is 42.3 Å². The lowest BCUT2D eigenvalue weighted by Crippen LogP contribution is -2.37. The van der Waals surface area contributed by atoms with Gasteiger partial charge in [0.25, 0.3) is 11.1 Å². The molecular formula is C18H21N13O4. The van der Waals surface area contributed by atoms with E-state index < -0.39 is 22.5 Å². The number of hydrogen-bond donors (Lipinski definition) is 3. The van der Waals surface area contributed by atoms with Crippen LogP contribution in [0.4, 0.5) is 23.8 Å². The van der Waals surface area contributed by atoms with Gasteiger partial charge < -0.3 is 9.13 Å². The minimum absolute atomic E-state index is 0.120. The van der Waals surface area contributed by atoms with E-state index in [4.69, 9.17) is 0 Å². The number of imidazole rings is 2. The zero-order valence-electron chi connectivity index (χ0n) is 19.6. The van der Waals surface area contributed by atoms with Crippen LogP contribution in [0.5, 0.6) is 0 Å². The molecule has 5 heterocycles. The number of fused-ring (bicyclic) bond motifs is 2. The summed E-state index contributed by atoms with van der Waals surface area (Å²) in [5, 5.41) is 12.6. The van der Waals surface area contributed by atoms with Gasteiger partial charge in [0.1, 0.15) is 0 Å². The van der Waals surface area contributed by atoms with Gasteiger partial charge in [-0.25, -0.2) is 14.7 Å². The summed E-state index contributed by atoms with van der Waals surface area (Å²) >= 11 is 0. The first-order chi connectivity index (χ1) is 16.5. The standard InChI is InChI=1S/C18H21N13O4/c1-26-7-9(28(3)17(34)30(5)11(7)32)19-15(26)22-13-21-14(25-24-13)23-16-20-10-8(27(16)2)12(33)31(6)18(35)29(10)4/h1-6H3,(H3,19,20,21,22,23,24,25). The number of nitrogens with zero attached hydrogens (tertiary/aromatic N) is 10. The van der Waals surface area contributed by atoms with Crippen molar-refractivity contribution in [1.29, 1.82) is 0 Å². The van der Waals surface area contributed by atoms with E-state index in [-0.39, 0.29) is 46.1 Å². The summed E-state index contributed by atoms with van der Waals surface area (Å²) in [5.74, 6) is 0.803. The highest BCUT2D eigenvalue weighted by atomic mass is 16.2. The van der Waals surface area contributed by atoms with Gasteiger partial charge in [-0.1, -0.05) is 0 Å². The van der Waals surface area contributed by atoms with Gasteiger partial charge in [0.2, 0.25) is 23.8 Å². The Morgan fingerprint density at radius 2 is 1.06 bits per heavy atom. The fourth-order valence-electron chi connectivity index (χ4n) is 3.84. The molecule has 17 nitrogen and oxygen atoms in total. The highest BCUT2D eigenvalue weighted by Gasteiger charge is 2.20. The first-order valence-electron chi connectivity index (χ1n) is 10.2. The third kappa shape index (κ3) is 3.01. The summed E-state index contributed by atoms with van der Waals surface area (Å²) in [7, 11) is 9.09. The van der Waals surface area contributed by atoms with E-state index in [0.29, 0.717) is 0 Å². The maximum absolute atomic E-state index is 12.6. The number of aromatic nitrogens is 11. The van der Waals surface area contributed by atoms with E-state index in [9.17, 15) is 19.2 Å². The van der Waals surface area contributed by atoms with Crippen LogP contribution in [0.2, 0.25) is 0 Å². The predicted molar refractivity (Wildman–Crippen MR) is 125 cm³/mol. The highest BCUT2D eigenvalue weighted by molar-refractivity contribution is 5.76. The lowest BCUT2D eigenvalue weighted by atomic mass is 10.5. The molecule has 0 spiro atoms. The first-order valence-corrected chi connectivity index (χ1v) is 10.2. The van der Waals surface area contributed by atoms with Crippen LogP contribution in [0.1, 0.15) is 0 Å². The Morgan fingerprint density at radius 1 is 0.600 bits per heavy atom. The Kier molecular flexibility index (Phi) is 4.54. The molecule has 3 N–H and O–H groups in total. The zero-order valence-corrected chi connectivity index (χ0v) is 19.6. The molecule has 0 fully saturated rings. The van der Waals surface area contributed by atoms with E-state index in [1.165, 1.54) is 46.5 Å². The number of H-pyrrole nitrogens is 1. The summed E-state index contributed by atoms with van der Waals surface area (Å²) in [6, 6.07) is 0. The number of anilines is 4. The molecule has 0 amide bonds. The third-order valence-electron chi connectivity index (χ3n) is 5.89. The van der Waals surface area contributed by atoms with Gasteiger partial charge in [-0.3, -0.25) is 38.5 Å². The predicted octanol–water partition coefficient (Wildman–Crippen LogP) is -2.14. The Labute approximate surface area is 193 Å². The van der Waals surface area contributed by atoms with Crippen molar-refractivity contribution in [1.82, 2.24) is 52.6 Å². The number of aromatic amines is 1. The molecular weight excluding hydrogens is 462 g/mol. The minimum Gasteiger partial charge on any atom is -0.307 e. The molecule has 0 aliphatic heterocycles. The van der Waals surface area contributed by atoms with E-state index in [1.807, 2.05) is 0 Å². The Bertz CT molecular complexity index is 1770. The molecule has 0 aromatic carbocycles. The van der Waals surface area contributed by atoms with E-state index >= 15 is 0 Å². The number of hydrogen-bond acceptors (Lipinski definition) is 10. The second-order valence-corrected chi connectivity index (χ2v) is 8.00. The van der Waals surface area contributed by atoms with Crippen LogP contribution in [-0.2, 0) is 42.3 Å². The summed E-state index contributed by atoms with van der Waals surface area (Å²) in [5.41, 5.74) is -1.05. The van der Waals surface area contributed by atoms with Crippen molar-refractivity contribution in [3.05, 3.63) is 41.7 Å². The van der Waals surface area contributed by atoms with Crippen molar-refractivity contribution in [2.24, 2.45) is 42.3 Å². The van der Waals surface area contributed by atoms with E-state index in [0.717, 1.165) is 9.13 Å². The smallest absolute Gasteiger partial charge is 0.307 e. The highest BCUT2D eigenvalue weighted by Crippen LogP contribution is 2.19. The van der Waals surface area contributed by atoms with Crippen molar-refractivity contribution in [2.75, 3.05) is 10.6 Å². The monoisotopic (exact) mass is 483 g/mol. The average molecular weight is 483 g/mol. The van der Waals surface area contributed by atoms with Gasteiger partial charge in [-0.15, -0.1) is 5.10 Å². The summed E-state index contributed by atoms with van der Waals surface area (Å²) in [4.78, 5) is 62.5. The molecule has 182 valence electrons. The maximum Gasteiger partial charge on any atom is 0.332 e. The van der Waals surface area contributed by atoms with Gasteiger partial charge in [0.05, 0.1) is 0 Å². The fraction of sp³-hybridized carbons (Fsp3) is 0.333. The van der Waals surface area contributed by atoms with Crippen LogP contribution in [0.15, 0.2) is 19.2 Å². The SMILES string of the molecule is Cn1c(=O)c2c(nc(Nc3n[nH]c(Nc4nc5c(c(=O)n(C)c(=O)n5C)n4C)n3)n2C)n(C)c1=O. The zero-order chi connectivity index (χ0) is 25.3. The number of rotatable bonds is 4. The Hall–Kier alpha value is -4.96. The van der Waals surface area contributed by atoms with Gasteiger partial charge in [-0.05, 0) is 0 Å². The van der Waals surface area contributed by atoms with Crippen LogP contribution in [0.25, 0.3) is 22.3 Å². The molecule has 35 heavy (non-hydrogen) atoms. The first kappa shape index (κ1) is 21.9. The molecule has 5 aromatic heterocycles. The Balaban J connectivity index is 1.50. The molecule has 0 saturated heterocycles. The Morgan fingerprint density at radius 3 is 1.54 bits per heavy atom. The molecule has 0 unspecified atom stereocenters. The van der Waals surface area contributed by atoms with Gasteiger partial charge >= 0.3 is 11.4 Å². The molecule has 5 rings (SSSR count). The molecule has 17 heteroatoms. The summed E-state index contributed by atoms with van der Waals surface area (Å²) in [6.45, 7) is 0. The third-order valence-corrected chi connectivity index (χ3v) is 5.89. The van der Waals surface area contributed by atoms with Crippen LogP contribution in [0, 0.1) is 0 Å². The van der Waals surface area contributed by atoms with E-state index in [2.05, 4.69) is 35.8 Å². The lowest BCUT2D eigenvalue weighted by Gasteiger charge is -2.04. The van der Waals surface area contributed by atoms with Crippen LogP contribution < -0.4 is 33.1 Å². The molecule has 0 aliphatic rings. The van der Waals surface area contributed by atoms with E-state index in [1.54, 1.807) is 14.1 Å². The van der Waals surface area contributed by atoms with Crippen LogP contribution >= 0.6 is 0 Å². The second kappa shape index (κ2) is 7.27. The van der Waals surface area contributed by atoms with Crippen LogP contribution in [0.3, 0.4) is 0 Å². The van der Waals surface area contributed by atoms with Gasteiger partial charge in [-0.2, -0.15) is 15.0 Å². The van der Waals surface area contributed by atoms with Crippen LogP contribution in [-0.4, -0.2) is 52.6 Å². The molecule has 0 radical (unpaired) electrons. The van der Waals surface area contributed by atoms with Gasteiger partial charge in [0.15, 0.2) is 22.3 Å². The molecule has 0 aliphatic carbocycles. The normalized spacial score (nSPS) is 11.6. The molecule has 5 aromatic rings. The van der Waals surface area contributed by atoms with Crippen molar-refractivity contribution < 1.29 is 0 Å². The largest absolute Gasteiger partial charge is 0.332 e. The summed E-state index contributed by atoms with van der Waals surface area (Å²) in [6.07, 6.45) is 0.